The van der Waals surface area contributed by atoms with Crippen molar-refractivity contribution >= 4 is 17.7 Å². The van der Waals surface area contributed by atoms with Crippen LogP contribution in [0, 0.1) is 0 Å². The molecule has 8 heteroatoms. The molecule has 21 heavy (non-hydrogen) atoms. The molecule has 0 saturated heterocycles. The number of alkyl halides is 3. The van der Waals surface area contributed by atoms with Crippen LogP contribution in [0.1, 0.15) is 18.4 Å². The molecule has 0 aliphatic heterocycles. The van der Waals surface area contributed by atoms with Crippen LogP contribution >= 0.6 is 0 Å². The molecule has 114 valence electrons. The first-order valence-electron chi connectivity index (χ1n) is 6.18. The van der Waals surface area contributed by atoms with Crippen LogP contribution in [-0.4, -0.2) is 28.8 Å². The van der Waals surface area contributed by atoms with Crippen molar-refractivity contribution in [3.05, 3.63) is 29.8 Å². The fourth-order valence-corrected chi connectivity index (χ4v) is 1.92. The molecule has 3 N–H and O–H groups in total. The van der Waals surface area contributed by atoms with E-state index in [-0.39, 0.29) is 24.9 Å². The highest BCUT2D eigenvalue weighted by molar-refractivity contribution is 5.90. The number of carbonyl (C=O) groups is 2. The Kier molecular flexibility index (Phi) is 3.80. The third-order valence-electron chi connectivity index (χ3n) is 3.19. The second kappa shape index (κ2) is 5.27. The van der Waals surface area contributed by atoms with Crippen molar-refractivity contribution < 1.29 is 27.9 Å². The van der Waals surface area contributed by atoms with Gasteiger partial charge in [-0.05, 0) is 30.5 Å². The molecule has 1 saturated carbocycles. The Morgan fingerprint density at radius 3 is 2.48 bits per heavy atom. The molecular weight excluding hydrogens is 289 g/mol. The number of nitrogens with one attached hydrogen (secondary N) is 2. The molecule has 1 fully saturated rings. The van der Waals surface area contributed by atoms with E-state index in [0.29, 0.717) is 5.56 Å². The number of aliphatic carboxylic acids is 1. The number of carboxylic acid groups (broad SMARTS) is 1. The predicted octanol–water partition coefficient (Wildman–Crippen LogP) is 2.53. The minimum absolute atomic E-state index is 0.136. The van der Waals surface area contributed by atoms with Crippen LogP contribution in [-0.2, 0) is 11.2 Å². The highest BCUT2D eigenvalue weighted by Crippen LogP contribution is 2.48. The van der Waals surface area contributed by atoms with Gasteiger partial charge in [-0.1, -0.05) is 12.1 Å². The van der Waals surface area contributed by atoms with Crippen LogP contribution in [0.15, 0.2) is 24.3 Å². The molecule has 0 aromatic heterocycles. The third kappa shape index (κ3) is 3.65. The predicted molar refractivity (Wildman–Crippen MR) is 68.0 cm³/mol. The normalized spacial score (nSPS) is 16.1. The zero-order valence-corrected chi connectivity index (χ0v) is 10.8. The molecule has 0 bridgehead atoms. The first-order chi connectivity index (χ1) is 9.72. The van der Waals surface area contributed by atoms with Gasteiger partial charge < -0.3 is 15.7 Å². The van der Waals surface area contributed by atoms with Crippen LogP contribution in [0.5, 0.6) is 0 Å². The number of hydrogen-bond donors (Lipinski definition) is 3. The average molecular weight is 302 g/mol. The van der Waals surface area contributed by atoms with Gasteiger partial charge in [0.2, 0.25) is 0 Å². The van der Waals surface area contributed by atoms with Gasteiger partial charge in [0.05, 0.1) is 6.42 Å². The highest BCUT2D eigenvalue weighted by atomic mass is 19.4. The number of carbonyl (C=O) groups excluding carboxylic acids is 1. The lowest BCUT2D eigenvalue weighted by Crippen LogP contribution is -2.49. The summed E-state index contributed by atoms with van der Waals surface area (Å²) in [5, 5.41) is 12.9. The monoisotopic (exact) mass is 302 g/mol. The van der Waals surface area contributed by atoms with Gasteiger partial charge >= 0.3 is 18.2 Å². The number of benzene rings is 1. The van der Waals surface area contributed by atoms with Crippen molar-refractivity contribution in [2.45, 2.75) is 31.0 Å². The standard InChI is InChI=1S/C13H13F3N2O3/c14-13(15,16)12(4-5-12)18-11(21)17-9-3-1-2-8(6-9)7-10(19)20/h1-3,6H,4-5,7H2,(H,19,20)(H2,17,18,21). The average Bonchev–Trinajstić information content (AvgIpc) is 3.08. The molecule has 0 unspecified atom stereocenters. The van der Waals surface area contributed by atoms with Gasteiger partial charge in [-0.2, -0.15) is 13.2 Å². The van der Waals surface area contributed by atoms with Gasteiger partial charge in [0, 0.05) is 5.69 Å². The molecule has 1 aliphatic carbocycles. The van der Waals surface area contributed by atoms with Gasteiger partial charge in [0.1, 0.15) is 5.54 Å². The fourth-order valence-electron chi connectivity index (χ4n) is 1.92. The summed E-state index contributed by atoms with van der Waals surface area (Å²) < 4.78 is 38.1. The molecule has 2 rings (SSSR count). The lowest BCUT2D eigenvalue weighted by atomic mass is 10.1. The summed E-state index contributed by atoms with van der Waals surface area (Å²) in [6.45, 7) is 0. The SMILES string of the molecule is O=C(O)Cc1cccc(NC(=O)NC2(C(F)(F)F)CC2)c1. The van der Waals surface area contributed by atoms with Crippen molar-refractivity contribution in [2.24, 2.45) is 0 Å². The Morgan fingerprint density at radius 1 is 1.29 bits per heavy atom. The summed E-state index contributed by atoms with van der Waals surface area (Å²) in [7, 11) is 0. The van der Waals surface area contributed by atoms with Gasteiger partial charge in [-0.25, -0.2) is 4.79 Å². The van der Waals surface area contributed by atoms with Crippen LogP contribution in [0.4, 0.5) is 23.7 Å². The van der Waals surface area contributed by atoms with Crippen molar-refractivity contribution in [1.82, 2.24) is 5.32 Å². The highest BCUT2D eigenvalue weighted by Gasteiger charge is 2.64. The number of hydrogen-bond acceptors (Lipinski definition) is 2. The molecular formula is C13H13F3N2O3. The van der Waals surface area contributed by atoms with Crippen LogP contribution in [0.3, 0.4) is 0 Å². The van der Waals surface area contributed by atoms with Crippen molar-refractivity contribution in [1.29, 1.82) is 0 Å². The Balaban J connectivity index is 1.99. The van der Waals surface area contributed by atoms with E-state index in [1.807, 2.05) is 5.32 Å². The zero-order chi connectivity index (χ0) is 15.7. The Bertz CT molecular complexity index is 568. The number of urea groups is 1. The van der Waals surface area contributed by atoms with Gasteiger partial charge in [-0.15, -0.1) is 0 Å². The van der Waals surface area contributed by atoms with Gasteiger partial charge in [-0.3, -0.25) is 4.79 Å². The van der Waals surface area contributed by atoms with E-state index in [4.69, 9.17) is 5.11 Å². The lowest BCUT2D eigenvalue weighted by molar-refractivity contribution is -0.162. The van der Waals surface area contributed by atoms with Crippen molar-refractivity contribution in [2.75, 3.05) is 5.32 Å². The fraction of sp³-hybridized carbons (Fsp3) is 0.385. The molecule has 0 radical (unpaired) electrons. The summed E-state index contributed by atoms with van der Waals surface area (Å²) >= 11 is 0. The van der Waals surface area contributed by atoms with Crippen LogP contribution in [0.25, 0.3) is 0 Å². The van der Waals surface area contributed by atoms with Crippen LogP contribution < -0.4 is 10.6 Å². The van der Waals surface area contributed by atoms with Crippen molar-refractivity contribution in [3.63, 3.8) is 0 Å². The molecule has 0 atom stereocenters. The number of carboxylic acids is 1. The number of amides is 2. The van der Waals surface area contributed by atoms with E-state index in [2.05, 4.69) is 5.32 Å². The molecule has 2 amide bonds. The van der Waals surface area contributed by atoms with Crippen molar-refractivity contribution in [3.8, 4) is 0 Å². The Morgan fingerprint density at radius 2 is 1.95 bits per heavy atom. The first kappa shape index (κ1) is 15.1. The quantitative estimate of drug-likeness (QED) is 0.799. The summed E-state index contributed by atoms with van der Waals surface area (Å²) in [6, 6.07) is 4.98. The molecule has 5 nitrogen and oxygen atoms in total. The number of anilines is 1. The minimum atomic E-state index is -4.48. The Labute approximate surface area is 118 Å². The maximum Gasteiger partial charge on any atom is 0.411 e. The lowest BCUT2D eigenvalue weighted by Gasteiger charge is -2.21. The Hall–Kier alpha value is -2.25. The van der Waals surface area contributed by atoms with Crippen LogP contribution in [0.2, 0.25) is 0 Å². The molecule has 0 spiro atoms. The molecule has 1 aromatic rings. The maximum atomic E-state index is 12.7. The topological polar surface area (TPSA) is 78.4 Å². The van der Waals surface area contributed by atoms with E-state index < -0.39 is 23.7 Å². The van der Waals surface area contributed by atoms with E-state index in [1.54, 1.807) is 6.07 Å². The first-order valence-corrected chi connectivity index (χ1v) is 6.18. The second-order valence-corrected chi connectivity index (χ2v) is 4.93. The van der Waals surface area contributed by atoms with E-state index >= 15 is 0 Å². The molecule has 0 heterocycles. The largest absolute Gasteiger partial charge is 0.481 e. The second-order valence-electron chi connectivity index (χ2n) is 4.93. The zero-order valence-electron chi connectivity index (χ0n) is 10.8. The van der Waals surface area contributed by atoms with E-state index in [1.165, 1.54) is 18.2 Å². The summed E-state index contributed by atoms with van der Waals surface area (Å²) in [6.07, 6.45) is -4.98. The molecule has 1 aliphatic rings. The number of halogens is 3. The number of rotatable bonds is 4. The summed E-state index contributed by atoms with van der Waals surface area (Å²) in [5.41, 5.74) is -1.45. The van der Waals surface area contributed by atoms with E-state index in [0.717, 1.165) is 0 Å². The smallest absolute Gasteiger partial charge is 0.411 e. The van der Waals surface area contributed by atoms with Gasteiger partial charge in [0.25, 0.3) is 0 Å². The molecule has 1 aromatic carbocycles. The van der Waals surface area contributed by atoms with E-state index in [9.17, 15) is 22.8 Å². The summed E-state index contributed by atoms with van der Waals surface area (Å²) in [4.78, 5) is 22.2. The van der Waals surface area contributed by atoms with Gasteiger partial charge in [0.15, 0.2) is 0 Å². The maximum absolute atomic E-state index is 12.7. The third-order valence-corrected chi connectivity index (χ3v) is 3.19. The summed E-state index contributed by atoms with van der Waals surface area (Å²) in [5.74, 6) is -1.04. The minimum Gasteiger partial charge on any atom is -0.481 e.